The molecule has 0 amide bonds. The fourth-order valence-corrected chi connectivity index (χ4v) is 2.12. The number of nitrogens with one attached hydrogen (secondary N) is 1. The van der Waals surface area contributed by atoms with Gasteiger partial charge in [0.15, 0.2) is 0 Å². The Morgan fingerprint density at radius 2 is 1.53 bits per heavy atom. The third kappa shape index (κ3) is 2.68. The third-order valence-corrected chi connectivity index (χ3v) is 3.04. The smallest absolute Gasteiger partial charge is 0.0443 e. The molecule has 2 aromatic rings. The van der Waals surface area contributed by atoms with Gasteiger partial charge in [-0.15, -0.1) is 0 Å². The van der Waals surface area contributed by atoms with Gasteiger partial charge in [-0.25, -0.2) is 0 Å². The molecule has 0 atom stereocenters. The average Bonchev–Trinajstić information content (AvgIpc) is 2.35. The molecule has 88 valence electrons. The summed E-state index contributed by atoms with van der Waals surface area (Å²) in [7, 11) is 0. The van der Waals surface area contributed by atoms with Crippen molar-refractivity contribution >= 4 is 11.4 Å². The molecule has 0 unspecified atom stereocenters. The lowest BCUT2D eigenvalue weighted by Crippen LogP contribution is -1.97. The Bertz CT molecular complexity index is 477. The second-order valence-corrected chi connectivity index (χ2v) is 4.45. The van der Waals surface area contributed by atoms with Gasteiger partial charge in [-0.3, -0.25) is 0 Å². The zero-order valence-corrected chi connectivity index (χ0v) is 10.7. The van der Waals surface area contributed by atoms with Crippen molar-refractivity contribution in [1.82, 2.24) is 0 Å². The molecule has 0 spiro atoms. The average molecular weight is 225 g/mol. The molecule has 0 heterocycles. The van der Waals surface area contributed by atoms with Crippen molar-refractivity contribution in [2.45, 2.75) is 27.2 Å². The van der Waals surface area contributed by atoms with Crippen LogP contribution in [0.1, 0.15) is 23.6 Å². The highest BCUT2D eigenvalue weighted by Gasteiger charge is 2.04. The summed E-state index contributed by atoms with van der Waals surface area (Å²) in [5, 5.41) is 3.49. The molecule has 0 aliphatic heterocycles. The van der Waals surface area contributed by atoms with E-state index in [1.54, 1.807) is 0 Å². The van der Waals surface area contributed by atoms with E-state index in [9.17, 15) is 0 Å². The quantitative estimate of drug-likeness (QED) is 0.804. The molecule has 2 aromatic carbocycles. The van der Waals surface area contributed by atoms with Crippen molar-refractivity contribution in [3.8, 4) is 0 Å². The number of aryl methyl sites for hydroxylation is 3. The Hall–Kier alpha value is -1.76. The van der Waals surface area contributed by atoms with Gasteiger partial charge in [0, 0.05) is 11.4 Å². The van der Waals surface area contributed by atoms with Gasteiger partial charge in [0.1, 0.15) is 0 Å². The Labute approximate surface area is 103 Å². The summed E-state index contributed by atoms with van der Waals surface area (Å²) in [4.78, 5) is 0. The molecule has 2 rings (SSSR count). The van der Waals surface area contributed by atoms with Gasteiger partial charge in [-0.1, -0.05) is 37.3 Å². The lowest BCUT2D eigenvalue weighted by molar-refractivity contribution is 1.12. The molecule has 0 aliphatic carbocycles. The van der Waals surface area contributed by atoms with Crippen LogP contribution in [0.5, 0.6) is 0 Å². The van der Waals surface area contributed by atoms with E-state index < -0.39 is 0 Å². The number of anilines is 2. The molecule has 1 N–H and O–H groups in total. The van der Waals surface area contributed by atoms with Gasteiger partial charge < -0.3 is 5.32 Å². The highest BCUT2D eigenvalue weighted by Crippen LogP contribution is 2.26. The molecule has 1 heteroatoms. The number of hydrogen-bond donors (Lipinski definition) is 1. The third-order valence-electron chi connectivity index (χ3n) is 3.04. The molecule has 17 heavy (non-hydrogen) atoms. The lowest BCUT2D eigenvalue weighted by Gasteiger charge is -2.14. The summed E-state index contributed by atoms with van der Waals surface area (Å²) in [6.45, 7) is 6.52. The molecular weight excluding hydrogens is 206 g/mol. The van der Waals surface area contributed by atoms with Crippen molar-refractivity contribution in [2.24, 2.45) is 0 Å². The van der Waals surface area contributed by atoms with Crippen LogP contribution in [0.4, 0.5) is 11.4 Å². The lowest BCUT2D eigenvalue weighted by atomic mass is 10.0. The minimum Gasteiger partial charge on any atom is -0.355 e. The van der Waals surface area contributed by atoms with Crippen molar-refractivity contribution in [3.05, 3.63) is 59.2 Å². The maximum atomic E-state index is 3.49. The fourth-order valence-electron chi connectivity index (χ4n) is 2.12. The fraction of sp³-hybridized carbons (Fsp3) is 0.250. The van der Waals surface area contributed by atoms with Gasteiger partial charge in [0.05, 0.1) is 0 Å². The van der Waals surface area contributed by atoms with Gasteiger partial charge in [0.25, 0.3) is 0 Å². The maximum absolute atomic E-state index is 3.49. The summed E-state index contributed by atoms with van der Waals surface area (Å²) >= 11 is 0. The van der Waals surface area contributed by atoms with Crippen LogP contribution in [0.15, 0.2) is 42.5 Å². The van der Waals surface area contributed by atoms with Crippen LogP contribution >= 0.6 is 0 Å². The summed E-state index contributed by atoms with van der Waals surface area (Å²) in [6.07, 6.45) is 1.09. The van der Waals surface area contributed by atoms with Gasteiger partial charge in [-0.2, -0.15) is 0 Å². The predicted molar refractivity (Wildman–Crippen MR) is 75.0 cm³/mol. The number of hydrogen-bond acceptors (Lipinski definition) is 1. The minimum absolute atomic E-state index is 1.09. The van der Waals surface area contributed by atoms with Gasteiger partial charge >= 0.3 is 0 Å². The van der Waals surface area contributed by atoms with E-state index in [2.05, 4.69) is 50.4 Å². The molecule has 0 aromatic heterocycles. The molecule has 0 saturated heterocycles. The van der Waals surface area contributed by atoms with Crippen LogP contribution in [-0.2, 0) is 6.42 Å². The first kappa shape index (κ1) is 11.7. The Balaban J connectivity index is 2.33. The molecular formula is C16H19N. The van der Waals surface area contributed by atoms with Crippen LogP contribution in [0.3, 0.4) is 0 Å². The largest absolute Gasteiger partial charge is 0.355 e. The van der Waals surface area contributed by atoms with Crippen LogP contribution in [0, 0.1) is 13.8 Å². The Morgan fingerprint density at radius 3 is 2.06 bits per heavy atom. The highest BCUT2D eigenvalue weighted by atomic mass is 14.9. The number of para-hydroxylation sites is 1. The zero-order chi connectivity index (χ0) is 12.3. The van der Waals surface area contributed by atoms with Gasteiger partial charge in [0.2, 0.25) is 0 Å². The first-order chi connectivity index (χ1) is 8.20. The Kier molecular flexibility index (Phi) is 3.48. The summed E-state index contributed by atoms with van der Waals surface area (Å²) in [5.74, 6) is 0. The van der Waals surface area contributed by atoms with Crippen LogP contribution in [-0.4, -0.2) is 0 Å². The summed E-state index contributed by atoms with van der Waals surface area (Å²) < 4.78 is 0. The minimum atomic E-state index is 1.09. The SMILES string of the molecule is CCc1cc(C)c(Nc2ccccc2)c(C)c1. The molecule has 0 saturated carbocycles. The summed E-state index contributed by atoms with van der Waals surface area (Å²) in [6, 6.07) is 14.8. The molecule has 0 fully saturated rings. The maximum Gasteiger partial charge on any atom is 0.0443 e. The molecule has 0 bridgehead atoms. The highest BCUT2D eigenvalue weighted by molar-refractivity contribution is 5.67. The van der Waals surface area contributed by atoms with E-state index in [4.69, 9.17) is 0 Å². The van der Waals surface area contributed by atoms with Crippen molar-refractivity contribution in [1.29, 1.82) is 0 Å². The van der Waals surface area contributed by atoms with E-state index in [1.807, 2.05) is 18.2 Å². The van der Waals surface area contributed by atoms with Crippen molar-refractivity contribution < 1.29 is 0 Å². The van der Waals surface area contributed by atoms with Crippen LogP contribution < -0.4 is 5.32 Å². The van der Waals surface area contributed by atoms with E-state index in [0.717, 1.165) is 12.1 Å². The monoisotopic (exact) mass is 225 g/mol. The zero-order valence-electron chi connectivity index (χ0n) is 10.7. The normalized spacial score (nSPS) is 10.3. The van der Waals surface area contributed by atoms with Crippen LogP contribution in [0.25, 0.3) is 0 Å². The summed E-state index contributed by atoms with van der Waals surface area (Å²) in [5.41, 5.74) is 6.39. The first-order valence-electron chi connectivity index (χ1n) is 6.13. The van der Waals surface area contributed by atoms with E-state index in [0.29, 0.717) is 0 Å². The van der Waals surface area contributed by atoms with E-state index in [-0.39, 0.29) is 0 Å². The molecule has 1 nitrogen and oxygen atoms in total. The van der Waals surface area contributed by atoms with E-state index >= 15 is 0 Å². The Morgan fingerprint density at radius 1 is 0.941 bits per heavy atom. The number of benzene rings is 2. The topological polar surface area (TPSA) is 12.0 Å². The van der Waals surface area contributed by atoms with Crippen molar-refractivity contribution in [2.75, 3.05) is 5.32 Å². The second kappa shape index (κ2) is 5.05. The van der Waals surface area contributed by atoms with Crippen molar-refractivity contribution in [3.63, 3.8) is 0 Å². The molecule has 0 radical (unpaired) electrons. The standard InChI is InChI=1S/C16H19N/c1-4-14-10-12(2)16(13(3)11-14)17-15-8-6-5-7-9-15/h5-11,17H,4H2,1-3H3. The second-order valence-electron chi connectivity index (χ2n) is 4.45. The van der Waals surface area contributed by atoms with Gasteiger partial charge in [-0.05, 0) is 49.1 Å². The van der Waals surface area contributed by atoms with Crippen LogP contribution in [0.2, 0.25) is 0 Å². The predicted octanol–water partition coefficient (Wildman–Crippen LogP) is 4.61. The first-order valence-corrected chi connectivity index (χ1v) is 6.13. The number of rotatable bonds is 3. The molecule has 0 aliphatic rings. The van der Waals surface area contributed by atoms with E-state index in [1.165, 1.54) is 22.4 Å².